The number of nitrogens with zero attached hydrogens (tertiary/aromatic N) is 6. The summed E-state index contributed by atoms with van der Waals surface area (Å²) in [5, 5.41) is 3.95. The Labute approximate surface area is 337 Å². The second-order valence-corrected chi connectivity index (χ2v) is 16.8. The van der Waals surface area contributed by atoms with Gasteiger partial charge in [0.25, 0.3) is 0 Å². The molecule has 0 spiro atoms. The van der Waals surface area contributed by atoms with Crippen molar-refractivity contribution in [2.24, 2.45) is 0 Å². The van der Waals surface area contributed by atoms with Gasteiger partial charge in [0.05, 0.1) is 40.3 Å². The molecule has 6 heteroatoms. The fraction of sp³-hybridized carbons (Fsp3) is 0.192. The van der Waals surface area contributed by atoms with Crippen molar-refractivity contribution in [2.75, 3.05) is 0 Å². The Hall–Kier alpha value is -6.66. The first-order valence-corrected chi connectivity index (χ1v) is 20.7. The average molecular weight is 751 g/mol. The Morgan fingerprint density at radius 2 is 1.09 bits per heavy atom. The van der Waals surface area contributed by atoms with E-state index in [-0.39, 0.29) is 11.8 Å². The van der Waals surface area contributed by atoms with Gasteiger partial charge < -0.3 is 9.13 Å². The number of allylic oxidation sites excluding steroid dienone is 1. The zero-order chi connectivity index (χ0) is 38.8. The summed E-state index contributed by atoms with van der Waals surface area (Å²) in [5.41, 5.74) is 22.6. The van der Waals surface area contributed by atoms with E-state index in [2.05, 4.69) is 142 Å². The van der Waals surface area contributed by atoms with Gasteiger partial charge in [0, 0.05) is 64.6 Å². The molecule has 9 aromatic rings. The molecule has 0 aliphatic heterocycles. The number of hydrogen-bond acceptors (Lipinski definition) is 4. The maximum absolute atomic E-state index is 4.67. The lowest BCUT2D eigenvalue weighted by molar-refractivity contribution is 0.584. The van der Waals surface area contributed by atoms with Crippen molar-refractivity contribution in [3.8, 4) is 33.6 Å². The molecule has 3 aliphatic rings. The van der Waals surface area contributed by atoms with Crippen LogP contribution in [0.2, 0.25) is 0 Å². The van der Waals surface area contributed by atoms with E-state index in [1.54, 1.807) is 0 Å². The lowest BCUT2D eigenvalue weighted by Crippen LogP contribution is -2.24. The fourth-order valence-corrected chi connectivity index (χ4v) is 11.0. The van der Waals surface area contributed by atoms with E-state index in [1.807, 2.05) is 49.6 Å². The van der Waals surface area contributed by atoms with Crippen LogP contribution in [0.5, 0.6) is 0 Å². The highest BCUT2D eigenvalue weighted by Gasteiger charge is 2.43. The highest BCUT2D eigenvalue weighted by molar-refractivity contribution is 6.15. The van der Waals surface area contributed by atoms with Crippen molar-refractivity contribution in [2.45, 2.75) is 64.2 Å². The van der Waals surface area contributed by atoms with Crippen LogP contribution in [-0.4, -0.2) is 29.1 Å². The van der Waals surface area contributed by atoms with Gasteiger partial charge in [-0.1, -0.05) is 33.8 Å². The molecule has 6 aromatic heterocycles. The fourth-order valence-electron chi connectivity index (χ4n) is 11.0. The summed E-state index contributed by atoms with van der Waals surface area (Å²) in [7, 11) is 0. The van der Waals surface area contributed by atoms with Crippen molar-refractivity contribution in [1.29, 1.82) is 0 Å². The molecule has 0 N–H and O–H groups in total. The van der Waals surface area contributed by atoms with Crippen LogP contribution >= 0.6 is 0 Å². The third kappa shape index (κ3) is 4.54. The predicted octanol–water partition coefficient (Wildman–Crippen LogP) is 12.6. The number of aromatic nitrogens is 6. The lowest BCUT2D eigenvalue weighted by Gasteiger charge is -2.42. The van der Waals surface area contributed by atoms with Gasteiger partial charge in [-0.3, -0.25) is 19.9 Å². The van der Waals surface area contributed by atoms with Gasteiger partial charge in [-0.05, 0) is 171 Å². The monoisotopic (exact) mass is 750 g/mol. The maximum atomic E-state index is 4.67. The van der Waals surface area contributed by atoms with Crippen LogP contribution in [0.1, 0.15) is 96.9 Å². The molecule has 3 aliphatic carbocycles. The highest BCUT2D eigenvalue weighted by atomic mass is 15.0. The Bertz CT molecular complexity index is 3160. The minimum atomic E-state index is 0.237. The summed E-state index contributed by atoms with van der Waals surface area (Å²) >= 11 is 0. The van der Waals surface area contributed by atoms with E-state index in [0.717, 1.165) is 24.2 Å². The molecule has 58 heavy (non-hydrogen) atoms. The Morgan fingerprint density at radius 1 is 0.500 bits per heavy atom. The van der Waals surface area contributed by atoms with Crippen molar-refractivity contribution in [3.63, 3.8) is 0 Å². The maximum Gasteiger partial charge on any atom is 0.0645 e. The van der Waals surface area contributed by atoms with Gasteiger partial charge in [-0.2, -0.15) is 0 Å². The number of fused-ring (bicyclic) bond motifs is 8. The van der Waals surface area contributed by atoms with Crippen LogP contribution in [0, 0.1) is 0 Å². The molecular formula is C52H42N6. The molecule has 6 heterocycles. The van der Waals surface area contributed by atoms with Gasteiger partial charge in [0.2, 0.25) is 0 Å². The standard InChI is InChI=1S/C52H42N6/c1-29-30(2)40-26-44-42-24-36(34-15-21-54-22-16-34)10-12-46(42)58(38-8-6-18-56-28-38)52(44)48-32(4)31(3)47-49(50(40)48)39(29)25-43-41-23-35(33-13-19-53-20-14-33)9-11-45(41)57(51(43)47)37-7-5-17-55-27-37/h5-9,11,13-32H,10,12H2,1-4H3. The molecule has 4 atom stereocenters. The van der Waals surface area contributed by atoms with Crippen LogP contribution in [0.3, 0.4) is 0 Å². The minimum absolute atomic E-state index is 0.237. The Morgan fingerprint density at radius 3 is 1.71 bits per heavy atom. The molecule has 4 unspecified atom stereocenters. The summed E-state index contributed by atoms with van der Waals surface area (Å²) in [5.74, 6) is 1.14. The molecular weight excluding hydrogens is 709 g/mol. The largest absolute Gasteiger partial charge is 0.311 e. The van der Waals surface area contributed by atoms with Crippen LogP contribution in [0.4, 0.5) is 0 Å². The van der Waals surface area contributed by atoms with E-state index >= 15 is 0 Å². The van der Waals surface area contributed by atoms with Crippen molar-refractivity contribution >= 4 is 44.4 Å². The van der Waals surface area contributed by atoms with Gasteiger partial charge in [-0.15, -0.1) is 0 Å². The SMILES string of the molecule is CC1c2cc3c4c(n(-c5cccnc5)c3c3c2-c2c(cc5c6cc(-c7ccncc7)ccc6n(-c6cccnc6)c5c2C(C)C3C)C1C)CCC(c1ccncc1)=C4. The number of pyridine rings is 4. The van der Waals surface area contributed by atoms with Crippen molar-refractivity contribution in [3.05, 3.63) is 168 Å². The second kappa shape index (κ2) is 12.4. The van der Waals surface area contributed by atoms with Crippen LogP contribution < -0.4 is 0 Å². The third-order valence-electron chi connectivity index (χ3n) is 14.0. The highest BCUT2D eigenvalue weighted by Crippen LogP contribution is 2.61. The first kappa shape index (κ1) is 33.5. The smallest absolute Gasteiger partial charge is 0.0645 e. The van der Waals surface area contributed by atoms with E-state index in [0.29, 0.717) is 11.8 Å². The van der Waals surface area contributed by atoms with Gasteiger partial charge in [0.15, 0.2) is 0 Å². The summed E-state index contributed by atoms with van der Waals surface area (Å²) in [6.07, 6.45) is 19.8. The summed E-state index contributed by atoms with van der Waals surface area (Å²) in [6.45, 7) is 9.89. The van der Waals surface area contributed by atoms with E-state index in [1.165, 1.54) is 99.6 Å². The Kier molecular flexibility index (Phi) is 7.17. The zero-order valence-electron chi connectivity index (χ0n) is 33.1. The molecule has 0 fully saturated rings. The van der Waals surface area contributed by atoms with Crippen LogP contribution in [-0.2, 0) is 6.42 Å². The zero-order valence-corrected chi connectivity index (χ0v) is 33.1. The normalized spacial score (nSPS) is 19.3. The second-order valence-electron chi connectivity index (χ2n) is 16.8. The molecule has 12 rings (SSSR count). The summed E-state index contributed by atoms with van der Waals surface area (Å²) in [4.78, 5) is 18.0. The van der Waals surface area contributed by atoms with E-state index in [4.69, 9.17) is 0 Å². The molecule has 280 valence electrons. The topological polar surface area (TPSA) is 61.4 Å². The quantitative estimate of drug-likeness (QED) is 0.180. The predicted molar refractivity (Wildman–Crippen MR) is 236 cm³/mol. The molecule has 0 saturated carbocycles. The third-order valence-corrected chi connectivity index (χ3v) is 14.0. The number of benzene rings is 3. The molecule has 3 aromatic carbocycles. The van der Waals surface area contributed by atoms with Gasteiger partial charge >= 0.3 is 0 Å². The van der Waals surface area contributed by atoms with Gasteiger partial charge in [0.1, 0.15) is 0 Å². The van der Waals surface area contributed by atoms with Crippen LogP contribution in [0.15, 0.2) is 128 Å². The molecule has 0 bridgehead atoms. The first-order chi connectivity index (χ1) is 28.5. The number of hydrogen-bond donors (Lipinski definition) is 0. The average Bonchev–Trinajstić information content (AvgIpc) is 3.79. The molecule has 0 radical (unpaired) electrons. The molecule has 0 amide bonds. The number of rotatable bonds is 4. The minimum Gasteiger partial charge on any atom is -0.311 e. The molecule has 0 saturated heterocycles. The van der Waals surface area contributed by atoms with E-state index in [9.17, 15) is 0 Å². The van der Waals surface area contributed by atoms with Crippen molar-refractivity contribution < 1.29 is 0 Å². The van der Waals surface area contributed by atoms with Gasteiger partial charge in [-0.25, -0.2) is 0 Å². The lowest BCUT2D eigenvalue weighted by atomic mass is 9.62. The van der Waals surface area contributed by atoms with Crippen molar-refractivity contribution in [1.82, 2.24) is 29.1 Å². The first-order valence-electron chi connectivity index (χ1n) is 20.7. The van der Waals surface area contributed by atoms with E-state index < -0.39 is 0 Å². The Balaban J connectivity index is 1.22. The summed E-state index contributed by atoms with van der Waals surface area (Å²) in [6, 6.07) is 29.2. The summed E-state index contributed by atoms with van der Waals surface area (Å²) < 4.78 is 5.08. The molecule has 6 nitrogen and oxygen atoms in total. The van der Waals surface area contributed by atoms with Crippen LogP contribution in [0.25, 0.3) is 78.0 Å².